The number of ketones is 1. The lowest BCUT2D eigenvalue weighted by Crippen LogP contribution is -2.48. The smallest absolute Gasteiger partial charge is 0.300 e. The highest BCUT2D eigenvalue weighted by atomic mass is 32.3. The molecular formula is C21H30O5S. The van der Waals surface area contributed by atoms with E-state index < -0.39 is 16.5 Å². The first kappa shape index (κ1) is 19.3. The molecule has 0 heterocycles. The van der Waals surface area contributed by atoms with Crippen LogP contribution in [0.4, 0.5) is 0 Å². The summed E-state index contributed by atoms with van der Waals surface area (Å²) >= 11 is 0. The maximum atomic E-state index is 12.2. The van der Waals surface area contributed by atoms with Crippen molar-refractivity contribution >= 4 is 16.2 Å². The summed E-state index contributed by atoms with van der Waals surface area (Å²) in [4.78, 5) is 12.2. The Morgan fingerprint density at radius 3 is 2.52 bits per heavy atom. The molecule has 4 aliphatic carbocycles. The first-order chi connectivity index (χ1) is 12.5. The molecule has 4 aliphatic rings. The van der Waals surface area contributed by atoms with Crippen LogP contribution in [0.25, 0.3) is 0 Å². The van der Waals surface area contributed by atoms with Crippen LogP contribution in [-0.2, 0) is 19.4 Å². The van der Waals surface area contributed by atoms with Gasteiger partial charge < -0.3 is 0 Å². The third kappa shape index (κ3) is 3.04. The van der Waals surface area contributed by atoms with Crippen LogP contribution in [0.5, 0.6) is 0 Å². The van der Waals surface area contributed by atoms with E-state index in [0.29, 0.717) is 30.5 Å². The molecule has 6 heteroatoms. The molecule has 0 saturated heterocycles. The summed E-state index contributed by atoms with van der Waals surface area (Å²) in [7, 11) is -4.41. The molecule has 0 aromatic carbocycles. The Morgan fingerprint density at radius 2 is 1.85 bits per heavy atom. The fraction of sp³-hybridized carbons (Fsp3) is 0.762. The molecule has 150 valence electrons. The van der Waals surface area contributed by atoms with Gasteiger partial charge in [-0.3, -0.25) is 9.35 Å². The van der Waals surface area contributed by atoms with Crippen molar-refractivity contribution in [3.63, 3.8) is 0 Å². The van der Waals surface area contributed by atoms with Gasteiger partial charge in [0.25, 0.3) is 0 Å². The second-order valence-corrected chi connectivity index (χ2v) is 10.5. The average Bonchev–Trinajstić information content (AvgIpc) is 2.91. The van der Waals surface area contributed by atoms with Crippen LogP contribution in [-0.4, -0.2) is 24.9 Å². The standard InChI is InChI=1S/C21H30O5S/c1-13(22)17-6-7-18-16-5-4-14-12-15(26-27(23,24)25)8-10-20(14,2)19(16)9-11-21(17,18)3/h4,7,15-17,19H,5-6,8-12H2,1-3H3,(H,23,24,25)/t15-,16-,17+,19-,20-,21+/m0/s1. The largest absolute Gasteiger partial charge is 0.397 e. The average molecular weight is 395 g/mol. The maximum absolute atomic E-state index is 12.2. The van der Waals surface area contributed by atoms with Crippen LogP contribution >= 0.6 is 0 Å². The minimum atomic E-state index is -4.41. The van der Waals surface area contributed by atoms with E-state index in [0.717, 1.165) is 32.1 Å². The Hall–Kier alpha value is -0.980. The van der Waals surface area contributed by atoms with Gasteiger partial charge in [0.1, 0.15) is 5.78 Å². The molecule has 4 rings (SSSR count). The van der Waals surface area contributed by atoms with E-state index in [4.69, 9.17) is 8.74 Å². The van der Waals surface area contributed by atoms with E-state index in [1.165, 1.54) is 11.1 Å². The minimum absolute atomic E-state index is 0.0139. The van der Waals surface area contributed by atoms with Crippen LogP contribution < -0.4 is 0 Å². The zero-order chi connectivity index (χ0) is 19.6. The molecule has 0 aliphatic heterocycles. The van der Waals surface area contributed by atoms with Crippen molar-refractivity contribution < 1.29 is 21.9 Å². The predicted molar refractivity (Wildman–Crippen MR) is 102 cm³/mol. The van der Waals surface area contributed by atoms with Gasteiger partial charge in [0.05, 0.1) is 6.10 Å². The zero-order valence-corrected chi connectivity index (χ0v) is 17.2. The fourth-order valence-electron chi connectivity index (χ4n) is 6.84. The van der Waals surface area contributed by atoms with Gasteiger partial charge in [-0.2, -0.15) is 8.42 Å². The van der Waals surface area contributed by atoms with Gasteiger partial charge in [-0.05, 0) is 74.5 Å². The van der Waals surface area contributed by atoms with Gasteiger partial charge in [-0.15, -0.1) is 0 Å². The molecule has 0 amide bonds. The summed E-state index contributed by atoms with van der Waals surface area (Å²) in [5.41, 5.74) is 2.85. The summed E-state index contributed by atoms with van der Waals surface area (Å²) in [6.07, 6.45) is 10.3. The van der Waals surface area contributed by atoms with Gasteiger partial charge in [-0.25, -0.2) is 4.18 Å². The molecule has 6 atom stereocenters. The highest BCUT2D eigenvalue weighted by Crippen LogP contribution is 2.64. The van der Waals surface area contributed by atoms with Crippen molar-refractivity contribution in [1.82, 2.24) is 0 Å². The van der Waals surface area contributed by atoms with Gasteiger partial charge in [0, 0.05) is 5.92 Å². The molecule has 2 fully saturated rings. The number of hydrogen-bond donors (Lipinski definition) is 1. The number of carbonyl (C=O) groups is 1. The summed E-state index contributed by atoms with van der Waals surface area (Å²) < 4.78 is 36.1. The van der Waals surface area contributed by atoms with Crippen LogP contribution in [0.1, 0.15) is 65.7 Å². The number of fused-ring (bicyclic) bond motifs is 5. The van der Waals surface area contributed by atoms with Crippen molar-refractivity contribution in [2.75, 3.05) is 0 Å². The van der Waals surface area contributed by atoms with E-state index in [-0.39, 0.29) is 16.7 Å². The SMILES string of the molecule is CC(=O)[C@H]1CC=C2[C@@H]3CC=C4C[C@@H](OS(=O)(=O)O)CC[C@]4(C)[C@H]3CC[C@@]21C. The number of hydrogen-bond acceptors (Lipinski definition) is 4. The summed E-state index contributed by atoms with van der Waals surface area (Å²) in [6.45, 7) is 6.34. The molecule has 0 bridgehead atoms. The highest BCUT2D eigenvalue weighted by molar-refractivity contribution is 7.80. The molecule has 0 aromatic heterocycles. The summed E-state index contributed by atoms with van der Waals surface area (Å²) in [5, 5.41) is 0. The Labute approximate surface area is 162 Å². The van der Waals surface area contributed by atoms with Crippen molar-refractivity contribution in [2.45, 2.75) is 71.8 Å². The first-order valence-corrected chi connectivity index (χ1v) is 11.5. The third-order valence-corrected chi connectivity index (χ3v) is 8.73. The molecular weight excluding hydrogens is 364 g/mol. The van der Waals surface area contributed by atoms with E-state index in [9.17, 15) is 13.2 Å². The van der Waals surface area contributed by atoms with Crippen molar-refractivity contribution in [2.24, 2.45) is 28.6 Å². The van der Waals surface area contributed by atoms with Gasteiger partial charge in [0.15, 0.2) is 0 Å². The highest BCUT2D eigenvalue weighted by Gasteiger charge is 2.56. The molecule has 0 aromatic rings. The topological polar surface area (TPSA) is 80.7 Å². The fourth-order valence-corrected chi connectivity index (χ4v) is 7.35. The molecule has 27 heavy (non-hydrogen) atoms. The monoisotopic (exact) mass is 394 g/mol. The summed E-state index contributed by atoms with van der Waals surface area (Å²) in [6, 6.07) is 0. The second-order valence-electron chi connectivity index (χ2n) is 9.50. The second kappa shape index (κ2) is 6.26. The minimum Gasteiger partial charge on any atom is -0.300 e. The van der Waals surface area contributed by atoms with E-state index in [1.807, 2.05) is 0 Å². The van der Waals surface area contributed by atoms with E-state index in [2.05, 4.69) is 26.0 Å². The lowest BCUT2D eigenvalue weighted by Gasteiger charge is -2.56. The molecule has 2 saturated carbocycles. The first-order valence-electron chi connectivity index (χ1n) is 10.1. The van der Waals surface area contributed by atoms with Crippen molar-refractivity contribution in [3.05, 3.63) is 23.3 Å². The lowest BCUT2D eigenvalue weighted by atomic mass is 9.48. The Kier molecular flexibility index (Phi) is 4.48. The maximum Gasteiger partial charge on any atom is 0.397 e. The van der Waals surface area contributed by atoms with Crippen LogP contribution in [0, 0.1) is 28.6 Å². The Morgan fingerprint density at radius 1 is 1.15 bits per heavy atom. The molecule has 5 nitrogen and oxygen atoms in total. The predicted octanol–water partition coefficient (Wildman–Crippen LogP) is 4.26. The lowest BCUT2D eigenvalue weighted by molar-refractivity contribution is -0.124. The Balaban J connectivity index is 1.60. The number of carbonyl (C=O) groups excluding carboxylic acids is 1. The molecule has 0 spiro atoms. The zero-order valence-electron chi connectivity index (χ0n) is 16.4. The number of allylic oxidation sites excluding steroid dienone is 3. The molecule has 0 radical (unpaired) electrons. The third-order valence-electron chi connectivity index (χ3n) is 8.21. The number of rotatable bonds is 3. The van der Waals surface area contributed by atoms with Crippen molar-refractivity contribution in [1.29, 1.82) is 0 Å². The van der Waals surface area contributed by atoms with Gasteiger partial charge in [-0.1, -0.05) is 37.1 Å². The molecule has 1 N–H and O–H groups in total. The summed E-state index contributed by atoms with van der Waals surface area (Å²) in [5.74, 6) is 1.46. The van der Waals surface area contributed by atoms with Gasteiger partial charge >= 0.3 is 10.4 Å². The van der Waals surface area contributed by atoms with E-state index >= 15 is 0 Å². The van der Waals surface area contributed by atoms with Crippen LogP contribution in [0.15, 0.2) is 23.3 Å². The van der Waals surface area contributed by atoms with E-state index in [1.54, 1.807) is 6.92 Å². The van der Waals surface area contributed by atoms with Crippen LogP contribution in [0.2, 0.25) is 0 Å². The Bertz CT molecular complexity index is 826. The van der Waals surface area contributed by atoms with Crippen molar-refractivity contribution in [3.8, 4) is 0 Å². The molecule has 0 unspecified atom stereocenters. The van der Waals surface area contributed by atoms with Crippen LogP contribution in [0.3, 0.4) is 0 Å². The normalized spacial score (nSPS) is 43.9. The quantitative estimate of drug-likeness (QED) is 0.571. The van der Waals surface area contributed by atoms with Gasteiger partial charge in [0.2, 0.25) is 0 Å². The number of Topliss-reactive ketones (excluding diaryl/α,β-unsaturated/α-hetero) is 1.